The SMILES string of the molecule is CC(C)c1ccc2c(c1)OCCCCOc1cc(C(C)c3ccc4c(c3)OCCCOc3ccccc3S4)ccc1S2. The van der Waals surface area contributed by atoms with Gasteiger partial charge in [0.1, 0.15) is 23.0 Å². The Labute approximate surface area is 258 Å². The van der Waals surface area contributed by atoms with Gasteiger partial charge in [-0.15, -0.1) is 0 Å². The fourth-order valence-electron chi connectivity index (χ4n) is 5.14. The summed E-state index contributed by atoms with van der Waals surface area (Å²) in [4.78, 5) is 4.45. The summed E-state index contributed by atoms with van der Waals surface area (Å²) in [7, 11) is 0. The van der Waals surface area contributed by atoms with Gasteiger partial charge < -0.3 is 18.9 Å². The normalized spacial score (nSPS) is 16.0. The number of para-hydroxylation sites is 1. The van der Waals surface area contributed by atoms with Gasteiger partial charge in [0.05, 0.1) is 46.0 Å². The second kappa shape index (κ2) is 13.4. The molecule has 0 aliphatic carbocycles. The summed E-state index contributed by atoms with van der Waals surface area (Å²) in [5.74, 6) is 4.41. The Bertz CT molecular complexity index is 1530. The van der Waals surface area contributed by atoms with Gasteiger partial charge in [0.15, 0.2) is 0 Å². The zero-order valence-corrected chi connectivity index (χ0v) is 26.2. The van der Waals surface area contributed by atoms with Crippen molar-refractivity contribution >= 4 is 23.5 Å². The molecule has 0 N–H and O–H groups in total. The van der Waals surface area contributed by atoms with Gasteiger partial charge in [-0.1, -0.05) is 74.6 Å². The van der Waals surface area contributed by atoms with Crippen LogP contribution in [0.15, 0.2) is 98.4 Å². The van der Waals surface area contributed by atoms with Crippen LogP contribution in [0.2, 0.25) is 0 Å². The Kier molecular flexibility index (Phi) is 9.21. The van der Waals surface area contributed by atoms with E-state index in [4.69, 9.17) is 18.9 Å². The summed E-state index contributed by atoms with van der Waals surface area (Å²) in [5.41, 5.74) is 3.74. The number of fused-ring (bicyclic) bond motifs is 4. The quantitative estimate of drug-likeness (QED) is 0.234. The lowest BCUT2D eigenvalue weighted by Gasteiger charge is -2.20. The molecular formula is C36H38O4S2. The minimum atomic E-state index is 0.177. The van der Waals surface area contributed by atoms with Crippen molar-refractivity contribution in [2.75, 3.05) is 26.4 Å². The molecule has 42 heavy (non-hydrogen) atoms. The summed E-state index contributed by atoms with van der Waals surface area (Å²) < 4.78 is 24.9. The van der Waals surface area contributed by atoms with E-state index in [0.717, 1.165) is 61.8 Å². The van der Waals surface area contributed by atoms with E-state index in [-0.39, 0.29) is 5.92 Å². The lowest BCUT2D eigenvalue weighted by atomic mass is 9.93. The van der Waals surface area contributed by atoms with Crippen molar-refractivity contribution < 1.29 is 18.9 Å². The smallest absolute Gasteiger partial charge is 0.133 e. The predicted molar refractivity (Wildman–Crippen MR) is 171 cm³/mol. The van der Waals surface area contributed by atoms with Gasteiger partial charge in [0.25, 0.3) is 0 Å². The molecule has 0 saturated heterocycles. The zero-order valence-electron chi connectivity index (χ0n) is 24.6. The molecule has 0 fully saturated rings. The molecule has 218 valence electrons. The van der Waals surface area contributed by atoms with Gasteiger partial charge >= 0.3 is 0 Å². The van der Waals surface area contributed by atoms with Crippen LogP contribution in [0.25, 0.3) is 0 Å². The standard InChI is InChI=1S/C36H38O4S2/c1-24(2)26-11-14-34-30(21-26)38-17-6-7-18-39-31-22-27(13-16-36(31)42-34)25(3)28-12-15-35-32(23-28)40-20-8-19-37-29-9-4-5-10-33(29)41-35/h4-5,9-16,21-25H,6-8,17-20H2,1-3H3. The third kappa shape index (κ3) is 6.71. The van der Waals surface area contributed by atoms with Crippen LogP contribution in [-0.4, -0.2) is 26.4 Å². The maximum absolute atomic E-state index is 6.39. The molecule has 2 aliphatic rings. The third-order valence-corrected chi connectivity index (χ3v) is 9.95. The average Bonchev–Trinajstić information content (AvgIpc) is 3.04. The van der Waals surface area contributed by atoms with Crippen LogP contribution >= 0.6 is 23.5 Å². The van der Waals surface area contributed by atoms with E-state index >= 15 is 0 Å². The van der Waals surface area contributed by atoms with Crippen LogP contribution < -0.4 is 18.9 Å². The van der Waals surface area contributed by atoms with Crippen molar-refractivity contribution in [1.29, 1.82) is 0 Å². The molecule has 2 aliphatic heterocycles. The predicted octanol–water partition coefficient (Wildman–Crippen LogP) is 9.98. The first-order valence-electron chi connectivity index (χ1n) is 14.9. The second-order valence-electron chi connectivity index (χ2n) is 11.1. The first-order chi connectivity index (χ1) is 20.5. The Hall–Kier alpha value is -3.22. The highest BCUT2D eigenvalue weighted by Crippen LogP contribution is 2.44. The van der Waals surface area contributed by atoms with E-state index in [1.807, 2.05) is 12.1 Å². The molecular weight excluding hydrogens is 561 g/mol. The fraction of sp³-hybridized carbons (Fsp3) is 0.333. The molecule has 2 heterocycles. The van der Waals surface area contributed by atoms with E-state index in [1.165, 1.54) is 16.7 Å². The Balaban J connectivity index is 1.28. The molecule has 6 heteroatoms. The molecule has 0 spiro atoms. The van der Waals surface area contributed by atoms with E-state index in [9.17, 15) is 0 Å². The van der Waals surface area contributed by atoms with Crippen LogP contribution in [0.5, 0.6) is 23.0 Å². The Morgan fingerprint density at radius 1 is 0.476 bits per heavy atom. The van der Waals surface area contributed by atoms with Gasteiger partial charge in [-0.2, -0.15) is 0 Å². The highest BCUT2D eigenvalue weighted by molar-refractivity contribution is 7.99. The average molecular weight is 599 g/mol. The molecule has 1 unspecified atom stereocenters. The van der Waals surface area contributed by atoms with Crippen molar-refractivity contribution in [1.82, 2.24) is 0 Å². The molecule has 4 aromatic rings. The molecule has 0 amide bonds. The summed E-state index contributed by atoms with van der Waals surface area (Å²) in [6.45, 7) is 9.35. The van der Waals surface area contributed by atoms with Crippen LogP contribution in [0, 0.1) is 0 Å². The first kappa shape index (κ1) is 28.9. The van der Waals surface area contributed by atoms with Crippen LogP contribution in [0.4, 0.5) is 0 Å². The maximum Gasteiger partial charge on any atom is 0.133 e. The fourth-order valence-corrected chi connectivity index (χ4v) is 7.05. The molecule has 4 nitrogen and oxygen atoms in total. The molecule has 1 atom stereocenters. The van der Waals surface area contributed by atoms with Crippen LogP contribution in [0.3, 0.4) is 0 Å². The van der Waals surface area contributed by atoms with Crippen molar-refractivity contribution in [2.24, 2.45) is 0 Å². The van der Waals surface area contributed by atoms with E-state index < -0.39 is 0 Å². The van der Waals surface area contributed by atoms with Crippen molar-refractivity contribution in [3.8, 4) is 23.0 Å². The minimum Gasteiger partial charge on any atom is -0.492 e. The molecule has 0 bridgehead atoms. The molecule has 4 aromatic carbocycles. The van der Waals surface area contributed by atoms with Gasteiger partial charge in [0.2, 0.25) is 0 Å². The summed E-state index contributed by atoms with van der Waals surface area (Å²) in [6.07, 6.45) is 2.76. The summed E-state index contributed by atoms with van der Waals surface area (Å²) in [6, 6.07) is 28.1. The largest absolute Gasteiger partial charge is 0.492 e. The van der Waals surface area contributed by atoms with Gasteiger partial charge in [-0.25, -0.2) is 0 Å². The van der Waals surface area contributed by atoms with E-state index in [1.54, 1.807) is 23.5 Å². The third-order valence-electron chi connectivity index (χ3n) is 7.72. The minimum absolute atomic E-state index is 0.177. The molecule has 0 radical (unpaired) electrons. The number of hydrogen-bond donors (Lipinski definition) is 0. The van der Waals surface area contributed by atoms with Crippen molar-refractivity contribution in [2.45, 2.75) is 71.5 Å². The van der Waals surface area contributed by atoms with Gasteiger partial charge in [0, 0.05) is 12.3 Å². The van der Waals surface area contributed by atoms with Gasteiger partial charge in [-0.05, 0) is 84.0 Å². The lowest BCUT2D eigenvalue weighted by molar-refractivity contribution is 0.240. The highest BCUT2D eigenvalue weighted by Gasteiger charge is 2.19. The monoisotopic (exact) mass is 598 g/mol. The second-order valence-corrected chi connectivity index (χ2v) is 13.3. The number of benzene rings is 4. The topological polar surface area (TPSA) is 36.9 Å². The molecule has 0 saturated carbocycles. The highest BCUT2D eigenvalue weighted by atomic mass is 32.2. The van der Waals surface area contributed by atoms with Crippen molar-refractivity contribution in [3.63, 3.8) is 0 Å². The molecule has 0 aromatic heterocycles. The van der Waals surface area contributed by atoms with E-state index in [0.29, 0.717) is 32.3 Å². The number of rotatable bonds is 3. The zero-order chi connectivity index (χ0) is 28.9. The molecule has 6 rings (SSSR count). The summed E-state index contributed by atoms with van der Waals surface area (Å²) in [5, 5.41) is 0. The Morgan fingerprint density at radius 2 is 0.905 bits per heavy atom. The van der Waals surface area contributed by atoms with E-state index in [2.05, 4.69) is 87.5 Å². The number of hydrogen-bond acceptors (Lipinski definition) is 6. The lowest BCUT2D eigenvalue weighted by Crippen LogP contribution is -2.08. The first-order valence-corrected chi connectivity index (χ1v) is 16.6. The Morgan fingerprint density at radius 3 is 1.45 bits per heavy atom. The summed E-state index contributed by atoms with van der Waals surface area (Å²) >= 11 is 3.42. The number of ether oxygens (including phenoxy) is 4. The van der Waals surface area contributed by atoms with Gasteiger partial charge in [-0.3, -0.25) is 0 Å². The van der Waals surface area contributed by atoms with Crippen LogP contribution in [0.1, 0.15) is 68.6 Å². The van der Waals surface area contributed by atoms with Crippen LogP contribution in [-0.2, 0) is 0 Å². The maximum atomic E-state index is 6.39. The van der Waals surface area contributed by atoms with Crippen molar-refractivity contribution in [3.05, 3.63) is 95.6 Å².